The highest BCUT2D eigenvalue weighted by molar-refractivity contribution is 7.91. The van der Waals surface area contributed by atoms with Crippen molar-refractivity contribution in [2.24, 2.45) is 5.92 Å². The molecule has 1 aliphatic rings. The van der Waals surface area contributed by atoms with Crippen LogP contribution in [0.25, 0.3) is 0 Å². The number of nitrogens with one attached hydrogen (secondary N) is 2. The lowest BCUT2D eigenvalue weighted by atomic mass is 9.83. The van der Waals surface area contributed by atoms with Gasteiger partial charge in [0.25, 0.3) is 0 Å². The molecule has 1 aromatic rings. The predicted molar refractivity (Wildman–Crippen MR) is 79.1 cm³/mol. The summed E-state index contributed by atoms with van der Waals surface area (Å²) in [5.74, 6) is 0.734. The SMILES string of the molecule is CNCCc1ccc(S(=O)(=O)NCCC2CCC2)s1. The normalized spacial score (nSPS) is 16.5. The molecule has 0 radical (unpaired) electrons. The molecule has 0 saturated heterocycles. The molecule has 108 valence electrons. The molecular formula is C13H22N2O2S2. The molecule has 0 amide bonds. The van der Waals surface area contributed by atoms with E-state index in [2.05, 4.69) is 10.0 Å². The van der Waals surface area contributed by atoms with Crippen molar-refractivity contribution < 1.29 is 8.42 Å². The van der Waals surface area contributed by atoms with E-state index in [9.17, 15) is 8.42 Å². The Kier molecular flexibility index (Phi) is 5.38. The third-order valence-electron chi connectivity index (χ3n) is 3.59. The van der Waals surface area contributed by atoms with E-state index in [0.29, 0.717) is 10.8 Å². The van der Waals surface area contributed by atoms with Gasteiger partial charge in [-0.05, 0) is 44.5 Å². The van der Waals surface area contributed by atoms with E-state index in [0.717, 1.165) is 30.2 Å². The summed E-state index contributed by atoms with van der Waals surface area (Å²) in [5.41, 5.74) is 0. The molecule has 1 heterocycles. The molecule has 0 atom stereocenters. The average Bonchev–Trinajstić information content (AvgIpc) is 2.79. The van der Waals surface area contributed by atoms with Gasteiger partial charge in [-0.15, -0.1) is 11.3 Å². The summed E-state index contributed by atoms with van der Waals surface area (Å²) in [5, 5.41) is 3.07. The molecule has 6 heteroatoms. The first-order valence-electron chi connectivity index (χ1n) is 6.85. The summed E-state index contributed by atoms with van der Waals surface area (Å²) < 4.78 is 27.3. The molecular weight excluding hydrogens is 280 g/mol. The number of likely N-dealkylation sites (N-methyl/N-ethyl adjacent to an activating group) is 1. The second kappa shape index (κ2) is 6.83. The number of hydrogen-bond acceptors (Lipinski definition) is 4. The Hall–Kier alpha value is -0.430. The minimum atomic E-state index is -3.30. The monoisotopic (exact) mass is 302 g/mol. The van der Waals surface area contributed by atoms with Gasteiger partial charge in [-0.3, -0.25) is 0 Å². The fourth-order valence-corrected chi connectivity index (χ4v) is 4.58. The Bertz CT molecular complexity index is 492. The fourth-order valence-electron chi connectivity index (χ4n) is 2.14. The Morgan fingerprint density at radius 3 is 2.74 bits per heavy atom. The van der Waals surface area contributed by atoms with Crippen LogP contribution in [0.3, 0.4) is 0 Å². The van der Waals surface area contributed by atoms with Crippen LogP contribution in [-0.2, 0) is 16.4 Å². The maximum Gasteiger partial charge on any atom is 0.250 e. The first kappa shape index (κ1) is 15.0. The van der Waals surface area contributed by atoms with Crippen molar-refractivity contribution in [3.63, 3.8) is 0 Å². The molecule has 4 nitrogen and oxygen atoms in total. The highest BCUT2D eigenvalue weighted by Crippen LogP contribution is 2.29. The van der Waals surface area contributed by atoms with E-state index in [4.69, 9.17) is 0 Å². The molecule has 0 bridgehead atoms. The molecule has 2 rings (SSSR count). The summed E-state index contributed by atoms with van der Waals surface area (Å²) in [4.78, 5) is 1.11. The van der Waals surface area contributed by atoms with Gasteiger partial charge in [0.1, 0.15) is 4.21 Å². The van der Waals surface area contributed by atoms with Crippen molar-refractivity contribution in [2.45, 2.75) is 36.3 Å². The Morgan fingerprint density at radius 2 is 2.11 bits per heavy atom. The van der Waals surface area contributed by atoms with Crippen LogP contribution in [-0.4, -0.2) is 28.6 Å². The van der Waals surface area contributed by atoms with Crippen LogP contribution < -0.4 is 10.0 Å². The molecule has 1 fully saturated rings. The first-order chi connectivity index (χ1) is 9.12. The smallest absolute Gasteiger partial charge is 0.250 e. The molecule has 0 aliphatic heterocycles. The highest BCUT2D eigenvalue weighted by atomic mass is 32.2. The summed E-state index contributed by atoms with van der Waals surface area (Å²) >= 11 is 1.37. The summed E-state index contributed by atoms with van der Waals surface area (Å²) in [7, 11) is -1.40. The summed E-state index contributed by atoms with van der Waals surface area (Å²) in [6.45, 7) is 1.44. The lowest BCUT2D eigenvalue weighted by Gasteiger charge is -2.24. The Labute approximate surface area is 119 Å². The second-order valence-electron chi connectivity index (χ2n) is 5.06. The van der Waals surface area contributed by atoms with Crippen LogP contribution in [0, 0.1) is 5.92 Å². The molecule has 2 N–H and O–H groups in total. The van der Waals surface area contributed by atoms with Gasteiger partial charge in [-0.1, -0.05) is 19.3 Å². The molecule has 1 aromatic heterocycles. The topological polar surface area (TPSA) is 58.2 Å². The van der Waals surface area contributed by atoms with Gasteiger partial charge in [0, 0.05) is 11.4 Å². The fraction of sp³-hybridized carbons (Fsp3) is 0.692. The van der Waals surface area contributed by atoms with Crippen LogP contribution in [0.1, 0.15) is 30.6 Å². The molecule has 19 heavy (non-hydrogen) atoms. The summed E-state index contributed by atoms with van der Waals surface area (Å²) in [6, 6.07) is 3.61. The zero-order valence-corrected chi connectivity index (χ0v) is 12.9. The van der Waals surface area contributed by atoms with Crippen molar-refractivity contribution in [3.05, 3.63) is 17.0 Å². The molecule has 0 unspecified atom stereocenters. The Morgan fingerprint density at radius 1 is 1.32 bits per heavy atom. The highest BCUT2D eigenvalue weighted by Gasteiger charge is 2.20. The predicted octanol–water partition coefficient (Wildman–Crippen LogP) is 1.98. The second-order valence-corrected chi connectivity index (χ2v) is 8.22. The maximum absolute atomic E-state index is 12.1. The van der Waals surface area contributed by atoms with Crippen LogP contribution >= 0.6 is 11.3 Å². The number of sulfonamides is 1. The molecule has 1 saturated carbocycles. The zero-order valence-electron chi connectivity index (χ0n) is 11.3. The van der Waals surface area contributed by atoms with Crippen molar-refractivity contribution in [2.75, 3.05) is 20.1 Å². The average molecular weight is 302 g/mol. The number of rotatable bonds is 8. The van der Waals surface area contributed by atoms with E-state index >= 15 is 0 Å². The molecule has 1 aliphatic carbocycles. The lowest BCUT2D eigenvalue weighted by Crippen LogP contribution is -2.27. The maximum atomic E-state index is 12.1. The van der Waals surface area contributed by atoms with Gasteiger partial charge < -0.3 is 5.32 Å². The minimum Gasteiger partial charge on any atom is -0.319 e. The third-order valence-corrected chi connectivity index (χ3v) is 6.69. The van der Waals surface area contributed by atoms with E-state index in [1.807, 2.05) is 13.1 Å². The van der Waals surface area contributed by atoms with E-state index in [1.165, 1.54) is 30.6 Å². The van der Waals surface area contributed by atoms with Crippen molar-refractivity contribution >= 4 is 21.4 Å². The van der Waals surface area contributed by atoms with E-state index in [1.54, 1.807) is 6.07 Å². The zero-order chi connectivity index (χ0) is 13.7. The number of hydrogen-bond donors (Lipinski definition) is 2. The third kappa shape index (κ3) is 4.27. The van der Waals surface area contributed by atoms with Crippen molar-refractivity contribution in [1.82, 2.24) is 10.0 Å². The van der Waals surface area contributed by atoms with Crippen LogP contribution in [0.15, 0.2) is 16.3 Å². The molecule has 0 aromatic carbocycles. The largest absolute Gasteiger partial charge is 0.319 e. The Balaban J connectivity index is 1.85. The standard InChI is InChI=1S/C13H22N2O2S2/c1-14-9-8-12-5-6-13(18-12)19(16,17)15-10-7-11-3-2-4-11/h5-6,11,14-15H,2-4,7-10H2,1H3. The van der Waals surface area contributed by atoms with E-state index < -0.39 is 10.0 Å². The quantitative estimate of drug-likeness (QED) is 0.772. The minimum absolute atomic E-state index is 0.437. The van der Waals surface area contributed by atoms with Gasteiger partial charge in [-0.25, -0.2) is 13.1 Å². The van der Waals surface area contributed by atoms with Gasteiger partial charge in [-0.2, -0.15) is 0 Å². The summed E-state index contributed by atoms with van der Waals surface area (Å²) in [6.07, 6.45) is 5.66. The van der Waals surface area contributed by atoms with E-state index in [-0.39, 0.29) is 0 Å². The van der Waals surface area contributed by atoms with Gasteiger partial charge in [0.05, 0.1) is 0 Å². The molecule has 0 spiro atoms. The van der Waals surface area contributed by atoms with Crippen molar-refractivity contribution in [1.29, 1.82) is 0 Å². The van der Waals surface area contributed by atoms with Crippen LogP contribution in [0.5, 0.6) is 0 Å². The van der Waals surface area contributed by atoms with Crippen LogP contribution in [0.4, 0.5) is 0 Å². The number of thiophene rings is 1. The lowest BCUT2D eigenvalue weighted by molar-refractivity contribution is 0.297. The van der Waals surface area contributed by atoms with Crippen molar-refractivity contribution in [3.8, 4) is 0 Å². The van der Waals surface area contributed by atoms with Gasteiger partial charge in [0.15, 0.2) is 0 Å². The first-order valence-corrected chi connectivity index (χ1v) is 9.15. The van der Waals surface area contributed by atoms with Crippen LogP contribution in [0.2, 0.25) is 0 Å². The van der Waals surface area contributed by atoms with Gasteiger partial charge >= 0.3 is 0 Å². The van der Waals surface area contributed by atoms with Gasteiger partial charge in [0.2, 0.25) is 10.0 Å².